The van der Waals surface area contributed by atoms with Crippen molar-refractivity contribution in [3.8, 4) is 5.95 Å². The van der Waals surface area contributed by atoms with Gasteiger partial charge in [0.2, 0.25) is 0 Å². The Balaban J connectivity index is 2.21. The lowest BCUT2D eigenvalue weighted by Gasteiger charge is -2.02. The average molecular weight is 236 g/mol. The van der Waals surface area contributed by atoms with Crippen molar-refractivity contribution in [3.05, 3.63) is 36.2 Å². The van der Waals surface area contributed by atoms with Crippen LogP contribution in [0.4, 0.5) is 4.39 Å². The van der Waals surface area contributed by atoms with Gasteiger partial charge in [-0.25, -0.2) is 23.8 Å². The van der Waals surface area contributed by atoms with E-state index in [1.807, 2.05) is 0 Å². The summed E-state index contributed by atoms with van der Waals surface area (Å²) < 4.78 is 18.7. The van der Waals surface area contributed by atoms with Gasteiger partial charge in [-0.2, -0.15) is 5.10 Å². The summed E-state index contributed by atoms with van der Waals surface area (Å²) in [6, 6.07) is 0. The molecule has 0 aliphatic rings. The van der Waals surface area contributed by atoms with Crippen molar-refractivity contribution in [2.24, 2.45) is 0 Å². The number of carbonyl (C=O) groups excluding carboxylic acids is 1. The Labute approximate surface area is 96.1 Å². The van der Waals surface area contributed by atoms with E-state index in [2.05, 4.69) is 15.1 Å². The molecule has 0 radical (unpaired) electrons. The second-order valence-corrected chi connectivity index (χ2v) is 3.10. The van der Waals surface area contributed by atoms with Gasteiger partial charge in [-0.3, -0.25) is 0 Å². The summed E-state index contributed by atoms with van der Waals surface area (Å²) >= 11 is 0. The second-order valence-electron chi connectivity index (χ2n) is 3.10. The molecule has 0 bridgehead atoms. The lowest BCUT2D eigenvalue weighted by Crippen LogP contribution is -2.08. The molecule has 0 saturated carbocycles. The van der Waals surface area contributed by atoms with Gasteiger partial charge in [-0.05, 0) is 6.92 Å². The molecule has 0 unspecified atom stereocenters. The zero-order valence-electron chi connectivity index (χ0n) is 9.00. The maximum atomic E-state index is 12.7. The number of ether oxygens (including phenoxy) is 1. The first-order valence-electron chi connectivity index (χ1n) is 4.90. The van der Waals surface area contributed by atoms with Gasteiger partial charge in [0, 0.05) is 12.4 Å². The van der Waals surface area contributed by atoms with E-state index in [4.69, 9.17) is 4.74 Å². The summed E-state index contributed by atoms with van der Waals surface area (Å²) in [5.41, 5.74) is 0.239. The van der Waals surface area contributed by atoms with Gasteiger partial charge in [-0.1, -0.05) is 0 Å². The predicted molar refractivity (Wildman–Crippen MR) is 55.1 cm³/mol. The molecule has 0 N–H and O–H groups in total. The molecule has 0 aromatic carbocycles. The molecule has 0 fully saturated rings. The van der Waals surface area contributed by atoms with Crippen LogP contribution in [0.3, 0.4) is 0 Å². The first-order chi connectivity index (χ1) is 8.20. The molecule has 2 aromatic rings. The highest BCUT2D eigenvalue weighted by molar-refractivity contribution is 5.88. The van der Waals surface area contributed by atoms with Crippen LogP contribution < -0.4 is 0 Å². The van der Waals surface area contributed by atoms with Crippen molar-refractivity contribution in [3.63, 3.8) is 0 Å². The Kier molecular flexibility index (Phi) is 3.08. The zero-order chi connectivity index (χ0) is 12.3. The molecular formula is C10H9FN4O2. The van der Waals surface area contributed by atoms with Gasteiger partial charge in [-0.15, -0.1) is 0 Å². The molecule has 0 aliphatic heterocycles. The number of hydrogen-bond donors (Lipinski definition) is 0. The monoisotopic (exact) mass is 236 g/mol. The molecular weight excluding hydrogens is 227 g/mol. The number of aromatic nitrogens is 4. The van der Waals surface area contributed by atoms with E-state index in [-0.39, 0.29) is 18.1 Å². The summed E-state index contributed by atoms with van der Waals surface area (Å²) in [4.78, 5) is 19.1. The molecule has 0 amide bonds. The SMILES string of the molecule is CCOC(=O)c1cnc(-n2cc(F)cn2)nc1. The van der Waals surface area contributed by atoms with Crippen molar-refractivity contribution in [1.29, 1.82) is 0 Å². The third-order valence-corrected chi connectivity index (χ3v) is 1.91. The summed E-state index contributed by atoms with van der Waals surface area (Å²) in [6.07, 6.45) is 4.79. The minimum atomic E-state index is -0.495. The standard InChI is InChI=1S/C10H9FN4O2/c1-2-17-9(16)7-3-12-10(13-4-7)15-6-8(11)5-14-15/h3-6H,2H2,1H3. The van der Waals surface area contributed by atoms with Crippen molar-refractivity contribution >= 4 is 5.97 Å². The van der Waals surface area contributed by atoms with Gasteiger partial charge in [0.15, 0.2) is 5.82 Å². The van der Waals surface area contributed by atoms with Crippen LogP contribution in [0.25, 0.3) is 5.95 Å². The van der Waals surface area contributed by atoms with Crippen molar-refractivity contribution < 1.29 is 13.9 Å². The molecule has 0 atom stereocenters. The van der Waals surface area contributed by atoms with Crippen LogP contribution in [0.5, 0.6) is 0 Å². The molecule has 6 nitrogen and oxygen atoms in total. The van der Waals surface area contributed by atoms with Crippen LogP contribution in [0.2, 0.25) is 0 Å². The van der Waals surface area contributed by atoms with E-state index in [0.717, 1.165) is 12.4 Å². The molecule has 88 valence electrons. The molecule has 2 heterocycles. The Morgan fingerprint density at radius 2 is 2.12 bits per heavy atom. The lowest BCUT2D eigenvalue weighted by atomic mass is 10.3. The lowest BCUT2D eigenvalue weighted by molar-refractivity contribution is 0.0525. The molecule has 17 heavy (non-hydrogen) atoms. The Morgan fingerprint density at radius 1 is 1.41 bits per heavy atom. The van der Waals surface area contributed by atoms with E-state index < -0.39 is 11.8 Å². The van der Waals surface area contributed by atoms with Crippen LogP contribution in [0, 0.1) is 5.82 Å². The van der Waals surface area contributed by atoms with Crippen molar-refractivity contribution in [2.45, 2.75) is 6.92 Å². The molecule has 7 heteroatoms. The summed E-state index contributed by atoms with van der Waals surface area (Å²) in [5.74, 6) is -0.796. The fraction of sp³-hybridized carbons (Fsp3) is 0.200. The van der Waals surface area contributed by atoms with Gasteiger partial charge >= 0.3 is 5.97 Å². The summed E-state index contributed by atoms with van der Waals surface area (Å²) in [7, 11) is 0. The van der Waals surface area contributed by atoms with Crippen molar-refractivity contribution in [2.75, 3.05) is 6.61 Å². The normalized spacial score (nSPS) is 10.2. The van der Waals surface area contributed by atoms with Gasteiger partial charge in [0.25, 0.3) is 5.95 Å². The third kappa shape index (κ3) is 2.44. The summed E-state index contributed by atoms with van der Waals surface area (Å²) in [6.45, 7) is 1.99. The summed E-state index contributed by atoms with van der Waals surface area (Å²) in [5, 5.41) is 3.70. The van der Waals surface area contributed by atoms with Gasteiger partial charge in [0.1, 0.15) is 0 Å². The van der Waals surface area contributed by atoms with Crippen LogP contribution in [0.15, 0.2) is 24.8 Å². The highest BCUT2D eigenvalue weighted by Crippen LogP contribution is 2.03. The second kappa shape index (κ2) is 4.69. The zero-order valence-corrected chi connectivity index (χ0v) is 9.00. The molecule has 0 saturated heterocycles. The quantitative estimate of drug-likeness (QED) is 0.743. The van der Waals surface area contributed by atoms with E-state index in [1.165, 1.54) is 17.1 Å². The third-order valence-electron chi connectivity index (χ3n) is 1.91. The largest absolute Gasteiger partial charge is 0.462 e. The highest BCUT2D eigenvalue weighted by atomic mass is 19.1. The fourth-order valence-electron chi connectivity index (χ4n) is 1.17. The topological polar surface area (TPSA) is 69.9 Å². The first-order valence-corrected chi connectivity index (χ1v) is 4.90. The van der Waals surface area contributed by atoms with Crippen molar-refractivity contribution in [1.82, 2.24) is 19.7 Å². The minimum Gasteiger partial charge on any atom is -0.462 e. The maximum absolute atomic E-state index is 12.7. The number of hydrogen-bond acceptors (Lipinski definition) is 5. The highest BCUT2D eigenvalue weighted by Gasteiger charge is 2.09. The minimum absolute atomic E-state index is 0.182. The van der Waals surface area contributed by atoms with Crippen LogP contribution >= 0.6 is 0 Å². The number of nitrogens with zero attached hydrogens (tertiary/aromatic N) is 4. The van der Waals surface area contributed by atoms with E-state index in [1.54, 1.807) is 6.92 Å². The number of carbonyl (C=O) groups is 1. The van der Waals surface area contributed by atoms with Crippen LogP contribution in [0.1, 0.15) is 17.3 Å². The van der Waals surface area contributed by atoms with E-state index in [0.29, 0.717) is 0 Å². The maximum Gasteiger partial charge on any atom is 0.341 e. The van der Waals surface area contributed by atoms with Gasteiger partial charge < -0.3 is 4.74 Å². The fourth-order valence-corrected chi connectivity index (χ4v) is 1.17. The average Bonchev–Trinajstić information content (AvgIpc) is 2.76. The van der Waals surface area contributed by atoms with Crippen LogP contribution in [-0.4, -0.2) is 32.3 Å². The Bertz CT molecular complexity index is 523. The molecule has 2 rings (SSSR count). The number of esters is 1. The molecule has 0 aliphatic carbocycles. The number of halogens is 1. The first kappa shape index (κ1) is 11.2. The number of rotatable bonds is 3. The smallest absolute Gasteiger partial charge is 0.341 e. The van der Waals surface area contributed by atoms with Crippen LogP contribution in [-0.2, 0) is 4.74 Å². The van der Waals surface area contributed by atoms with E-state index in [9.17, 15) is 9.18 Å². The predicted octanol–water partition coefficient (Wildman–Crippen LogP) is 0.978. The van der Waals surface area contributed by atoms with E-state index >= 15 is 0 Å². The molecule has 2 aromatic heterocycles. The van der Waals surface area contributed by atoms with Gasteiger partial charge in [0.05, 0.1) is 24.6 Å². The Hall–Kier alpha value is -2.31. The molecule has 0 spiro atoms. The Morgan fingerprint density at radius 3 is 2.65 bits per heavy atom.